The number of rotatable bonds is 4. The van der Waals surface area contributed by atoms with Crippen LogP contribution in [0.4, 0.5) is 11.8 Å². The number of methoxy groups -OCH3 is 1. The molecule has 1 rings (SSSR count). The van der Waals surface area contributed by atoms with Crippen LogP contribution in [0, 0.1) is 6.92 Å². The van der Waals surface area contributed by atoms with Crippen LogP contribution in [-0.4, -0.2) is 29.6 Å². The van der Waals surface area contributed by atoms with Gasteiger partial charge in [0.15, 0.2) is 0 Å². The lowest BCUT2D eigenvalue weighted by Gasteiger charge is -2.06. The predicted octanol–water partition coefficient (Wildman–Crippen LogP) is -0.344. The molecule has 15 heavy (non-hydrogen) atoms. The molecule has 0 bridgehead atoms. The Hall–Kier alpha value is -1.89. The van der Waals surface area contributed by atoms with E-state index in [1.807, 2.05) is 0 Å². The van der Waals surface area contributed by atoms with Crippen molar-refractivity contribution in [3.05, 3.63) is 11.8 Å². The van der Waals surface area contributed by atoms with E-state index >= 15 is 0 Å². The maximum absolute atomic E-state index is 10.9. The summed E-state index contributed by atoms with van der Waals surface area (Å²) in [5, 5.41) is 2.79. The van der Waals surface area contributed by atoms with E-state index in [0.29, 0.717) is 11.8 Å². The number of ether oxygens (including phenoxy) is 1. The topological polar surface area (TPSA) is 102 Å². The van der Waals surface area contributed by atoms with Gasteiger partial charge in [-0.05, 0) is 6.92 Å². The standard InChI is InChI=1S/C8H13N5O2/c1-5-3-6(10-4-7(14)15-2)12-8(11-5)13-9/h3H,4,9H2,1-2H3,(H2,10,11,12,13). The van der Waals surface area contributed by atoms with Crippen LogP contribution in [0.5, 0.6) is 0 Å². The highest BCUT2D eigenvalue weighted by Crippen LogP contribution is 2.07. The van der Waals surface area contributed by atoms with E-state index in [4.69, 9.17) is 5.84 Å². The first-order valence-corrected chi connectivity index (χ1v) is 4.28. The second-order valence-corrected chi connectivity index (χ2v) is 2.79. The van der Waals surface area contributed by atoms with E-state index in [1.165, 1.54) is 7.11 Å². The van der Waals surface area contributed by atoms with Crippen LogP contribution in [0.25, 0.3) is 0 Å². The Morgan fingerprint density at radius 3 is 2.93 bits per heavy atom. The molecule has 4 N–H and O–H groups in total. The highest BCUT2D eigenvalue weighted by Gasteiger charge is 2.03. The smallest absolute Gasteiger partial charge is 0.325 e. The van der Waals surface area contributed by atoms with Crippen LogP contribution in [0.15, 0.2) is 6.07 Å². The van der Waals surface area contributed by atoms with E-state index in [9.17, 15) is 4.79 Å². The molecule has 0 fully saturated rings. The van der Waals surface area contributed by atoms with Gasteiger partial charge in [0.1, 0.15) is 12.4 Å². The SMILES string of the molecule is COC(=O)CNc1cc(C)nc(NN)n1. The number of nitrogens with zero attached hydrogens (tertiary/aromatic N) is 2. The molecule has 0 aliphatic rings. The Kier molecular flexibility index (Phi) is 3.81. The third-order valence-electron chi connectivity index (χ3n) is 1.62. The average molecular weight is 211 g/mol. The molecular weight excluding hydrogens is 198 g/mol. The molecule has 0 radical (unpaired) electrons. The van der Waals surface area contributed by atoms with Gasteiger partial charge in [-0.25, -0.2) is 10.8 Å². The molecule has 0 unspecified atom stereocenters. The molecule has 1 aromatic rings. The van der Waals surface area contributed by atoms with E-state index in [-0.39, 0.29) is 12.5 Å². The molecule has 0 atom stereocenters. The van der Waals surface area contributed by atoms with Crippen LogP contribution >= 0.6 is 0 Å². The number of anilines is 2. The van der Waals surface area contributed by atoms with Gasteiger partial charge in [-0.3, -0.25) is 10.2 Å². The van der Waals surface area contributed by atoms with Gasteiger partial charge in [-0.2, -0.15) is 4.98 Å². The van der Waals surface area contributed by atoms with Crippen LogP contribution in [-0.2, 0) is 9.53 Å². The summed E-state index contributed by atoms with van der Waals surface area (Å²) in [6, 6.07) is 1.70. The summed E-state index contributed by atoms with van der Waals surface area (Å²) in [7, 11) is 1.32. The highest BCUT2D eigenvalue weighted by molar-refractivity contribution is 5.74. The number of nitrogen functional groups attached to an aromatic ring is 1. The molecule has 0 saturated carbocycles. The number of nitrogens with one attached hydrogen (secondary N) is 2. The van der Waals surface area contributed by atoms with Crippen molar-refractivity contribution < 1.29 is 9.53 Å². The van der Waals surface area contributed by atoms with Gasteiger partial charge in [0, 0.05) is 11.8 Å². The van der Waals surface area contributed by atoms with Crippen LogP contribution < -0.4 is 16.6 Å². The number of aryl methyl sites for hydroxylation is 1. The van der Waals surface area contributed by atoms with Crippen LogP contribution in [0.3, 0.4) is 0 Å². The largest absolute Gasteiger partial charge is 0.468 e. The zero-order valence-corrected chi connectivity index (χ0v) is 8.57. The first-order chi connectivity index (χ1) is 7.15. The molecular formula is C8H13N5O2. The highest BCUT2D eigenvalue weighted by atomic mass is 16.5. The summed E-state index contributed by atoms with van der Waals surface area (Å²) in [6.07, 6.45) is 0. The van der Waals surface area contributed by atoms with E-state index < -0.39 is 0 Å². The fourth-order valence-corrected chi connectivity index (χ4v) is 0.959. The minimum atomic E-state index is -0.367. The van der Waals surface area contributed by atoms with Gasteiger partial charge in [-0.1, -0.05) is 0 Å². The molecule has 0 aromatic carbocycles. The summed E-state index contributed by atoms with van der Waals surface area (Å²) in [6.45, 7) is 1.85. The molecule has 0 aliphatic heterocycles. The zero-order valence-electron chi connectivity index (χ0n) is 8.57. The third kappa shape index (κ3) is 3.39. The van der Waals surface area contributed by atoms with Crippen molar-refractivity contribution in [3.63, 3.8) is 0 Å². The van der Waals surface area contributed by atoms with Gasteiger partial charge in [0.05, 0.1) is 7.11 Å². The number of nitrogens with two attached hydrogens (primary N) is 1. The average Bonchev–Trinajstić information content (AvgIpc) is 2.25. The summed E-state index contributed by atoms with van der Waals surface area (Å²) >= 11 is 0. The maximum Gasteiger partial charge on any atom is 0.325 e. The Labute approximate surface area is 87.0 Å². The summed E-state index contributed by atoms with van der Waals surface area (Å²) < 4.78 is 4.47. The minimum absolute atomic E-state index is 0.0525. The van der Waals surface area contributed by atoms with Crippen LogP contribution in [0.2, 0.25) is 0 Å². The number of hydrogen-bond acceptors (Lipinski definition) is 7. The number of aromatic nitrogens is 2. The van der Waals surface area contributed by atoms with Crippen molar-refractivity contribution in [3.8, 4) is 0 Å². The van der Waals surface area contributed by atoms with Crippen molar-refractivity contribution in [2.75, 3.05) is 24.4 Å². The molecule has 0 saturated heterocycles. The van der Waals surface area contributed by atoms with E-state index in [1.54, 1.807) is 13.0 Å². The van der Waals surface area contributed by atoms with Crippen molar-refractivity contribution in [1.82, 2.24) is 9.97 Å². The molecule has 0 amide bonds. The third-order valence-corrected chi connectivity index (χ3v) is 1.62. The fourth-order valence-electron chi connectivity index (χ4n) is 0.959. The van der Waals surface area contributed by atoms with Crippen molar-refractivity contribution >= 4 is 17.7 Å². The number of hydrazine groups is 1. The number of hydrogen-bond donors (Lipinski definition) is 3. The Balaban J connectivity index is 2.68. The zero-order chi connectivity index (χ0) is 11.3. The van der Waals surface area contributed by atoms with E-state index in [0.717, 1.165) is 5.69 Å². The molecule has 0 spiro atoms. The number of carbonyl (C=O) groups is 1. The first kappa shape index (κ1) is 11.2. The van der Waals surface area contributed by atoms with E-state index in [2.05, 4.69) is 25.4 Å². The van der Waals surface area contributed by atoms with Gasteiger partial charge >= 0.3 is 5.97 Å². The van der Waals surface area contributed by atoms with Crippen molar-refractivity contribution in [1.29, 1.82) is 0 Å². The maximum atomic E-state index is 10.9. The van der Waals surface area contributed by atoms with Crippen molar-refractivity contribution in [2.24, 2.45) is 5.84 Å². The Bertz CT molecular complexity index is 355. The lowest BCUT2D eigenvalue weighted by molar-refractivity contribution is -0.138. The summed E-state index contributed by atoms with van der Waals surface area (Å²) in [5.41, 5.74) is 3.07. The summed E-state index contributed by atoms with van der Waals surface area (Å²) in [5.74, 6) is 5.62. The normalized spacial score (nSPS) is 9.53. The van der Waals surface area contributed by atoms with Gasteiger partial charge in [-0.15, -0.1) is 0 Å². The fraction of sp³-hybridized carbons (Fsp3) is 0.375. The lowest BCUT2D eigenvalue weighted by atomic mass is 10.4. The Morgan fingerprint density at radius 1 is 1.60 bits per heavy atom. The van der Waals surface area contributed by atoms with Gasteiger partial charge < -0.3 is 10.1 Å². The van der Waals surface area contributed by atoms with Gasteiger partial charge in [0.2, 0.25) is 5.95 Å². The van der Waals surface area contributed by atoms with Gasteiger partial charge in [0.25, 0.3) is 0 Å². The quantitative estimate of drug-likeness (QED) is 0.355. The lowest BCUT2D eigenvalue weighted by Crippen LogP contribution is -2.17. The Morgan fingerprint density at radius 2 is 2.33 bits per heavy atom. The first-order valence-electron chi connectivity index (χ1n) is 4.28. The molecule has 82 valence electrons. The minimum Gasteiger partial charge on any atom is -0.468 e. The van der Waals surface area contributed by atoms with Crippen molar-refractivity contribution in [2.45, 2.75) is 6.92 Å². The number of carbonyl (C=O) groups excluding carboxylic acids is 1. The monoisotopic (exact) mass is 211 g/mol. The predicted molar refractivity (Wildman–Crippen MR) is 55.1 cm³/mol. The molecule has 7 heteroatoms. The second kappa shape index (κ2) is 5.11. The van der Waals surface area contributed by atoms with Crippen LogP contribution in [0.1, 0.15) is 5.69 Å². The molecule has 0 aliphatic carbocycles. The second-order valence-electron chi connectivity index (χ2n) is 2.79. The summed E-state index contributed by atoms with van der Waals surface area (Å²) in [4.78, 5) is 18.8. The molecule has 1 heterocycles. The molecule has 1 aromatic heterocycles. The molecule has 7 nitrogen and oxygen atoms in total. The number of esters is 1.